The predicted octanol–water partition coefficient (Wildman–Crippen LogP) is 1.88. The van der Waals surface area contributed by atoms with Crippen molar-refractivity contribution in [3.63, 3.8) is 0 Å². The molecule has 0 bridgehead atoms. The molecule has 0 aliphatic carbocycles. The molecule has 0 saturated heterocycles. The Morgan fingerprint density at radius 3 is 2.67 bits per heavy atom. The Morgan fingerprint density at radius 1 is 1.17 bits per heavy atom. The number of pyridine rings is 1. The third-order valence-corrected chi connectivity index (χ3v) is 2.79. The Bertz CT molecular complexity index is 716. The Hall–Kier alpha value is -2.37. The van der Waals surface area contributed by atoms with E-state index in [2.05, 4.69) is 10.2 Å². The summed E-state index contributed by atoms with van der Waals surface area (Å²) in [5.41, 5.74) is 2.13. The van der Waals surface area contributed by atoms with Crippen LogP contribution in [0.2, 0.25) is 0 Å². The summed E-state index contributed by atoms with van der Waals surface area (Å²) in [4.78, 5) is 0. The van der Waals surface area contributed by atoms with Crippen molar-refractivity contribution >= 4 is 5.52 Å². The Morgan fingerprint density at radius 2 is 2.00 bits per heavy atom. The average Bonchev–Trinajstić information content (AvgIpc) is 2.95. The molecule has 0 amide bonds. The SMILES string of the molecule is COc1cc(-c2cnn(C)c2)cn2ncc(F)c12. The minimum Gasteiger partial charge on any atom is -0.494 e. The zero-order chi connectivity index (χ0) is 12.7. The zero-order valence-electron chi connectivity index (χ0n) is 9.96. The maximum atomic E-state index is 13.6. The van der Waals surface area contributed by atoms with E-state index >= 15 is 0 Å². The van der Waals surface area contributed by atoms with Crippen LogP contribution in [0.25, 0.3) is 16.6 Å². The van der Waals surface area contributed by atoms with Gasteiger partial charge in [-0.2, -0.15) is 10.2 Å². The van der Waals surface area contributed by atoms with Crippen LogP contribution >= 0.6 is 0 Å². The molecule has 3 heterocycles. The third-order valence-electron chi connectivity index (χ3n) is 2.79. The van der Waals surface area contributed by atoms with E-state index in [-0.39, 0.29) is 0 Å². The zero-order valence-corrected chi connectivity index (χ0v) is 9.96. The van der Waals surface area contributed by atoms with Gasteiger partial charge in [-0.05, 0) is 6.07 Å². The first-order valence-corrected chi connectivity index (χ1v) is 5.39. The van der Waals surface area contributed by atoms with Crippen molar-refractivity contribution in [1.82, 2.24) is 19.4 Å². The highest BCUT2D eigenvalue weighted by Gasteiger charge is 2.12. The van der Waals surface area contributed by atoms with Crippen LogP contribution in [0.5, 0.6) is 5.75 Å². The fourth-order valence-electron chi connectivity index (χ4n) is 1.93. The molecule has 0 unspecified atom stereocenters. The Kier molecular flexibility index (Phi) is 2.29. The summed E-state index contributed by atoms with van der Waals surface area (Å²) in [5.74, 6) is 0.0518. The van der Waals surface area contributed by atoms with Crippen molar-refractivity contribution in [2.75, 3.05) is 7.11 Å². The van der Waals surface area contributed by atoms with Crippen molar-refractivity contribution in [3.05, 3.63) is 36.7 Å². The van der Waals surface area contributed by atoms with Crippen LogP contribution < -0.4 is 4.74 Å². The van der Waals surface area contributed by atoms with Crippen molar-refractivity contribution in [2.45, 2.75) is 0 Å². The average molecular weight is 246 g/mol. The topological polar surface area (TPSA) is 44.4 Å². The summed E-state index contributed by atoms with van der Waals surface area (Å²) < 4.78 is 21.9. The monoisotopic (exact) mass is 246 g/mol. The molecule has 5 nitrogen and oxygen atoms in total. The van der Waals surface area contributed by atoms with Gasteiger partial charge in [0.05, 0.1) is 19.5 Å². The van der Waals surface area contributed by atoms with E-state index in [9.17, 15) is 4.39 Å². The van der Waals surface area contributed by atoms with Crippen LogP contribution in [0.4, 0.5) is 4.39 Å². The van der Waals surface area contributed by atoms with Crippen molar-refractivity contribution < 1.29 is 9.13 Å². The third kappa shape index (κ3) is 1.54. The number of hydrogen-bond donors (Lipinski definition) is 0. The van der Waals surface area contributed by atoms with E-state index in [0.29, 0.717) is 11.3 Å². The van der Waals surface area contributed by atoms with Gasteiger partial charge in [0.25, 0.3) is 0 Å². The highest BCUT2D eigenvalue weighted by molar-refractivity contribution is 5.70. The molecular weight excluding hydrogens is 235 g/mol. The fraction of sp³-hybridized carbons (Fsp3) is 0.167. The molecular formula is C12H11FN4O. The first-order valence-electron chi connectivity index (χ1n) is 5.39. The molecule has 3 aromatic rings. The van der Waals surface area contributed by atoms with Crippen LogP contribution in [0.3, 0.4) is 0 Å². The number of ether oxygens (including phenoxy) is 1. The lowest BCUT2D eigenvalue weighted by molar-refractivity contribution is 0.416. The summed E-state index contributed by atoms with van der Waals surface area (Å²) in [6.45, 7) is 0. The van der Waals surface area contributed by atoms with Crippen LogP contribution in [0.1, 0.15) is 0 Å². The standard InChI is InChI=1S/C12H11FN4O/c1-16-6-9(4-14-16)8-3-11(18-2)12-10(13)5-15-17(12)7-8/h3-7H,1-2H3. The van der Waals surface area contributed by atoms with E-state index in [0.717, 1.165) is 11.1 Å². The van der Waals surface area contributed by atoms with Gasteiger partial charge in [0.1, 0.15) is 11.3 Å². The molecule has 0 aliphatic rings. The highest BCUT2D eigenvalue weighted by Crippen LogP contribution is 2.28. The molecule has 92 valence electrons. The van der Waals surface area contributed by atoms with E-state index < -0.39 is 5.82 Å². The normalized spacial score (nSPS) is 11.1. The molecule has 0 radical (unpaired) electrons. The number of nitrogens with zero attached hydrogens (tertiary/aromatic N) is 4. The molecule has 3 rings (SSSR count). The van der Waals surface area contributed by atoms with E-state index in [1.54, 1.807) is 23.1 Å². The maximum absolute atomic E-state index is 13.6. The number of aryl methyl sites for hydroxylation is 1. The lowest BCUT2D eigenvalue weighted by Crippen LogP contribution is -1.94. The van der Waals surface area contributed by atoms with Crippen molar-refractivity contribution in [3.8, 4) is 16.9 Å². The van der Waals surface area contributed by atoms with Gasteiger partial charge in [-0.15, -0.1) is 0 Å². The van der Waals surface area contributed by atoms with Gasteiger partial charge in [0, 0.05) is 30.6 Å². The van der Waals surface area contributed by atoms with Crippen LogP contribution in [-0.4, -0.2) is 26.5 Å². The molecule has 18 heavy (non-hydrogen) atoms. The first kappa shape index (κ1) is 10.8. The second-order valence-electron chi connectivity index (χ2n) is 3.99. The van der Waals surface area contributed by atoms with Crippen LogP contribution in [0.15, 0.2) is 30.9 Å². The largest absolute Gasteiger partial charge is 0.494 e. The molecule has 0 aliphatic heterocycles. The second kappa shape index (κ2) is 3.83. The Labute approximate surface area is 102 Å². The smallest absolute Gasteiger partial charge is 0.172 e. The number of halogens is 1. The number of fused-ring (bicyclic) bond motifs is 1. The lowest BCUT2D eigenvalue weighted by atomic mass is 10.1. The molecule has 0 fully saturated rings. The van der Waals surface area contributed by atoms with Crippen LogP contribution in [-0.2, 0) is 7.05 Å². The predicted molar refractivity (Wildman–Crippen MR) is 63.9 cm³/mol. The van der Waals surface area contributed by atoms with Gasteiger partial charge in [0.15, 0.2) is 5.82 Å². The molecule has 3 aromatic heterocycles. The Balaban J connectivity index is 2.26. The van der Waals surface area contributed by atoms with E-state index in [4.69, 9.17) is 4.74 Å². The highest BCUT2D eigenvalue weighted by atomic mass is 19.1. The lowest BCUT2D eigenvalue weighted by Gasteiger charge is -2.05. The molecule has 0 saturated carbocycles. The van der Waals surface area contributed by atoms with Crippen molar-refractivity contribution in [2.24, 2.45) is 7.05 Å². The molecule has 0 atom stereocenters. The second-order valence-corrected chi connectivity index (χ2v) is 3.99. The van der Waals surface area contributed by atoms with Crippen LogP contribution in [0, 0.1) is 5.82 Å². The minimum absolute atomic E-state index is 0.338. The van der Waals surface area contributed by atoms with Gasteiger partial charge < -0.3 is 4.74 Å². The van der Waals surface area contributed by atoms with E-state index in [1.165, 1.54) is 17.8 Å². The first-order chi connectivity index (χ1) is 8.69. The maximum Gasteiger partial charge on any atom is 0.172 e. The summed E-state index contributed by atoms with van der Waals surface area (Å²) in [6.07, 6.45) is 6.53. The van der Waals surface area contributed by atoms with E-state index in [1.807, 2.05) is 13.2 Å². The molecule has 0 N–H and O–H groups in total. The summed E-state index contributed by atoms with van der Waals surface area (Å²) in [5, 5.41) is 8.06. The molecule has 0 spiro atoms. The van der Waals surface area contributed by atoms with Gasteiger partial charge in [-0.3, -0.25) is 4.68 Å². The van der Waals surface area contributed by atoms with Gasteiger partial charge >= 0.3 is 0 Å². The van der Waals surface area contributed by atoms with Gasteiger partial charge in [-0.1, -0.05) is 0 Å². The summed E-state index contributed by atoms with van der Waals surface area (Å²) in [6, 6.07) is 1.77. The summed E-state index contributed by atoms with van der Waals surface area (Å²) in [7, 11) is 3.35. The molecule has 6 heteroatoms. The number of aromatic nitrogens is 4. The number of methoxy groups -OCH3 is 1. The number of rotatable bonds is 2. The number of hydrogen-bond acceptors (Lipinski definition) is 3. The quantitative estimate of drug-likeness (QED) is 0.693. The molecule has 0 aromatic carbocycles. The fourth-order valence-corrected chi connectivity index (χ4v) is 1.93. The van der Waals surface area contributed by atoms with Crippen molar-refractivity contribution in [1.29, 1.82) is 0 Å². The van der Waals surface area contributed by atoms with Gasteiger partial charge in [0.2, 0.25) is 0 Å². The van der Waals surface area contributed by atoms with Gasteiger partial charge in [-0.25, -0.2) is 8.91 Å². The minimum atomic E-state index is -0.399. The summed E-state index contributed by atoms with van der Waals surface area (Å²) >= 11 is 0.